The highest BCUT2D eigenvalue weighted by atomic mass is 16.2. The molecule has 3 aliphatic rings. The van der Waals surface area contributed by atoms with Gasteiger partial charge >= 0.3 is 0 Å². The number of nitrogens with zero attached hydrogens (tertiary/aromatic N) is 4. The van der Waals surface area contributed by atoms with Crippen LogP contribution >= 0.6 is 0 Å². The largest absolute Gasteiger partial charge is 0.339 e. The summed E-state index contributed by atoms with van der Waals surface area (Å²) in [5.74, 6) is 2.99. The van der Waals surface area contributed by atoms with Crippen LogP contribution in [0, 0.1) is 17.8 Å². The molecular formula is C19H28N4O. The molecule has 2 saturated carbocycles. The molecule has 24 heavy (non-hydrogen) atoms. The SMILES string of the molecule is O=C([C@@H]1CCC[C@@H]2CCCC[C@@H]21)N1CCN(c2ncccn2)CC1. The molecule has 1 aromatic rings. The number of anilines is 1. The third kappa shape index (κ3) is 3.13. The minimum absolute atomic E-state index is 0.295. The van der Waals surface area contributed by atoms with Crippen LogP contribution in [-0.2, 0) is 4.79 Å². The number of carbonyl (C=O) groups excluding carboxylic acids is 1. The zero-order chi connectivity index (χ0) is 16.4. The third-order valence-electron chi connectivity index (χ3n) is 6.32. The standard InChI is InChI=1S/C19H28N4O/c24-18(17-8-3-6-15-5-1-2-7-16(15)17)22-11-13-23(14-12-22)19-20-9-4-10-21-19/h4,9-10,15-17H,1-3,5-8,11-14H2/t15-,16-,17+/m0/s1. The molecule has 0 spiro atoms. The van der Waals surface area contributed by atoms with E-state index in [2.05, 4.69) is 19.8 Å². The van der Waals surface area contributed by atoms with Gasteiger partial charge in [-0.3, -0.25) is 4.79 Å². The Morgan fingerprint density at radius 1 is 0.917 bits per heavy atom. The number of aromatic nitrogens is 2. The lowest BCUT2D eigenvalue weighted by Gasteiger charge is -2.43. The normalized spacial score (nSPS) is 30.8. The fraction of sp³-hybridized carbons (Fsp3) is 0.737. The van der Waals surface area contributed by atoms with Crippen LogP contribution in [0.3, 0.4) is 0 Å². The molecule has 1 aromatic heterocycles. The van der Waals surface area contributed by atoms with Crippen LogP contribution in [0.25, 0.3) is 0 Å². The van der Waals surface area contributed by atoms with E-state index < -0.39 is 0 Å². The van der Waals surface area contributed by atoms with E-state index in [4.69, 9.17) is 0 Å². The lowest BCUT2D eigenvalue weighted by atomic mass is 9.65. The van der Waals surface area contributed by atoms with Crippen molar-refractivity contribution in [1.82, 2.24) is 14.9 Å². The van der Waals surface area contributed by atoms with Crippen LogP contribution in [0.5, 0.6) is 0 Å². The first-order chi connectivity index (χ1) is 11.8. The summed E-state index contributed by atoms with van der Waals surface area (Å²) in [6.07, 6.45) is 12.6. The van der Waals surface area contributed by atoms with Gasteiger partial charge in [0.1, 0.15) is 0 Å². The Bertz CT molecular complexity index is 554. The van der Waals surface area contributed by atoms with Crippen molar-refractivity contribution in [3.05, 3.63) is 18.5 Å². The maximum absolute atomic E-state index is 13.1. The van der Waals surface area contributed by atoms with Crippen molar-refractivity contribution in [3.63, 3.8) is 0 Å². The maximum Gasteiger partial charge on any atom is 0.226 e. The molecule has 4 rings (SSSR count). The average molecular weight is 328 g/mol. The van der Waals surface area contributed by atoms with E-state index >= 15 is 0 Å². The Balaban J connectivity index is 1.37. The van der Waals surface area contributed by atoms with Gasteiger partial charge < -0.3 is 9.80 Å². The first-order valence-corrected chi connectivity index (χ1v) is 9.63. The topological polar surface area (TPSA) is 49.3 Å². The highest BCUT2D eigenvalue weighted by Gasteiger charge is 2.40. The molecule has 2 aliphatic carbocycles. The zero-order valence-corrected chi connectivity index (χ0v) is 14.4. The Morgan fingerprint density at radius 2 is 1.62 bits per heavy atom. The number of carbonyl (C=O) groups is 1. The quantitative estimate of drug-likeness (QED) is 0.837. The lowest BCUT2D eigenvalue weighted by molar-refractivity contribution is -0.140. The number of amides is 1. The van der Waals surface area contributed by atoms with Gasteiger partial charge in [-0.05, 0) is 30.7 Å². The number of rotatable bonds is 2. The molecule has 2 heterocycles. The molecule has 3 fully saturated rings. The molecule has 5 heteroatoms. The van der Waals surface area contributed by atoms with E-state index in [9.17, 15) is 4.79 Å². The van der Waals surface area contributed by atoms with Crippen LogP contribution < -0.4 is 4.90 Å². The molecular weight excluding hydrogens is 300 g/mol. The molecule has 130 valence electrons. The monoisotopic (exact) mass is 328 g/mol. The van der Waals surface area contributed by atoms with E-state index in [1.807, 2.05) is 6.07 Å². The molecule has 1 saturated heterocycles. The van der Waals surface area contributed by atoms with Crippen molar-refractivity contribution in [2.24, 2.45) is 17.8 Å². The van der Waals surface area contributed by atoms with E-state index in [1.54, 1.807) is 12.4 Å². The minimum atomic E-state index is 0.295. The van der Waals surface area contributed by atoms with Gasteiger partial charge in [0.25, 0.3) is 0 Å². The van der Waals surface area contributed by atoms with Crippen molar-refractivity contribution in [2.75, 3.05) is 31.1 Å². The molecule has 0 N–H and O–H groups in total. The Kier molecular flexibility index (Phi) is 4.67. The first kappa shape index (κ1) is 15.9. The summed E-state index contributed by atoms with van der Waals surface area (Å²) in [6, 6.07) is 1.84. The van der Waals surface area contributed by atoms with Crippen LogP contribution in [0.1, 0.15) is 44.9 Å². The fourth-order valence-corrected chi connectivity index (χ4v) is 5.06. The van der Waals surface area contributed by atoms with Crippen LogP contribution in [0.4, 0.5) is 5.95 Å². The van der Waals surface area contributed by atoms with Gasteiger partial charge in [-0.15, -0.1) is 0 Å². The van der Waals surface area contributed by atoms with Gasteiger partial charge in [0.15, 0.2) is 0 Å². The summed E-state index contributed by atoms with van der Waals surface area (Å²) in [6.45, 7) is 3.31. The minimum Gasteiger partial charge on any atom is -0.339 e. The smallest absolute Gasteiger partial charge is 0.226 e. The maximum atomic E-state index is 13.1. The first-order valence-electron chi connectivity index (χ1n) is 9.63. The zero-order valence-electron chi connectivity index (χ0n) is 14.4. The summed E-state index contributed by atoms with van der Waals surface area (Å²) >= 11 is 0. The highest BCUT2D eigenvalue weighted by molar-refractivity contribution is 5.79. The molecule has 0 unspecified atom stereocenters. The molecule has 0 bridgehead atoms. The second-order valence-electron chi connectivity index (χ2n) is 7.61. The second kappa shape index (κ2) is 7.08. The van der Waals surface area contributed by atoms with E-state index in [0.717, 1.165) is 44.5 Å². The molecule has 1 amide bonds. The van der Waals surface area contributed by atoms with Gasteiger partial charge in [-0.1, -0.05) is 32.1 Å². The van der Waals surface area contributed by atoms with Crippen molar-refractivity contribution >= 4 is 11.9 Å². The van der Waals surface area contributed by atoms with Gasteiger partial charge in [0.2, 0.25) is 11.9 Å². The number of fused-ring (bicyclic) bond motifs is 1. The number of hydrogen-bond acceptors (Lipinski definition) is 4. The molecule has 1 aliphatic heterocycles. The molecule has 0 radical (unpaired) electrons. The third-order valence-corrected chi connectivity index (χ3v) is 6.32. The number of piperazine rings is 1. The summed E-state index contributed by atoms with van der Waals surface area (Å²) < 4.78 is 0. The summed E-state index contributed by atoms with van der Waals surface area (Å²) in [4.78, 5) is 26.1. The van der Waals surface area contributed by atoms with Gasteiger partial charge in [-0.25, -0.2) is 9.97 Å². The van der Waals surface area contributed by atoms with Crippen LogP contribution in [0.15, 0.2) is 18.5 Å². The van der Waals surface area contributed by atoms with E-state index in [1.165, 1.54) is 38.5 Å². The van der Waals surface area contributed by atoms with E-state index in [0.29, 0.717) is 17.7 Å². The van der Waals surface area contributed by atoms with Crippen molar-refractivity contribution < 1.29 is 4.79 Å². The molecule has 3 atom stereocenters. The Labute approximate surface area is 144 Å². The summed E-state index contributed by atoms with van der Waals surface area (Å²) in [7, 11) is 0. The second-order valence-corrected chi connectivity index (χ2v) is 7.61. The predicted octanol–water partition coefficient (Wildman–Crippen LogP) is 2.73. The molecule has 0 aromatic carbocycles. The van der Waals surface area contributed by atoms with Gasteiger partial charge in [-0.2, -0.15) is 0 Å². The van der Waals surface area contributed by atoms with E-state index in [-0.39, 0.29) is 0 Å². The highest BCUT2D eigenvalue weighted by Crippen LogP contribution is 2.44. The van der Waals surface area contributed by atoms with Gasteiger partial charge in [0.05, 0.1) is 0 Å². The van der Waals surface area contributed by atoms with Crippen LogP contribution in [0.2, 0.25) is 0 Å². The number of hydrogen-bond donors (Lipinski definition) is 0. The van der Waals surface area contributed by atoms with Crippen LogP contribution in [-0.4, -0.2) is 47.0 Å². The summed E-state index contributed by atoms with van der Waals surface area (Å²) in [5.41, 5.74) is 0. The van der Waals surface area contributed by atoms with Crippen molar-refractivity contribution in [3.8, 4) is 0 Å². The Morgan fingerprint density at radius 3 is 2.42 bits per heavy atom. The lowest BCUT2D eigenvalue weighted by Crippen LogP contribution is -2.52. The van der Waals surface area contributed by atoms with Gasteiger partial charge in [0, 0.05) is 44.5 Å². The van der Waals surface area contributed by atoms with Crippen molar-refractivity contribution in [1.29, 1.82) is 0 Å². The molecule has 5 nitrogen and oxygen atoms in total. The van der Waals surface area contributed by atoms with Crippen molar-refractivity contribution in [2.45, 2.75) is 44.9 Å². The fourth-order valence-electron chi connectivity index (χ4n) is 5.06. The predicted molar refractivity (Wildman–Crippen MR) is 93.6 cm³/mol. The average Bonchev–Trinajstić information content (AvgIpc) is 2.68. The summed E-state index contributed by atoms with van der Waals surface area (Å²) in [5, 5.41) is 0. The Hall–Kier alpha value is -1.65.